The quantitative estimate of drug-likeness (QED) is 0.0152. The molecule has 1 unspecified atom stereocenters. The number of aromatic nitrogens is 4. The number of esters is 2. The lowest BCUT2D eigenvalue weighted by Gasteiger charge is -2.20. The van der Waals surface area contributed by atoms with Gasteiger partial charge in [0.2, 0.25) is 23.6 Å². The molecule has 20 nitrogen and oxygen atoms in total. The molecule has 21 heteroatoms. The fourth-order valence-electron chi connectivity index (χ4n) is 8.45. The molecule has 3 aromatic rings. The number of hydrogen-bond donors (Lipinski definition) is 5. The van der Waals surface area contributed by atoms with Gasteiger partial charge >= 0.3 is 19.8 Å². The van der Waals surface area contributed by atoms with E-state index < -0.39 is 38.4 Å². The lowest BCUT2D eigenvalue weighted by molar-refractivity contribution is -0.161. The first kappa shape index (κ1) is 70.0. The normalized spacial score (nSPS) is 12.7. The molecule has 0 saturated heterocycles. The van der Waals surface area contributed by atoms with Gasteiger partial charge in [-0.3, -0.25) is 28.2 Å². The summed E-state index contributed by atoms with van der Waals surface area (Å²) in [6.45, 7) is 3.11. The summed E-state index contributed by atoms with van der Waals surface area (Å²) in [5, 5.41) is 5.29. The third kappa shape index (κ3) is 37.5. The van der Waals surface area contributed by atoms with Gasteiger partial charge in [0.05, 0.1) is 32.8 Å². The SMILES string of the molecule is CCCCCCCC/C=C\CCCCCCCC(=O)OC[C@H](COP(=O)(O)OCCNC(=O)COCCOCC(=O)NCc1ccc(COc2nc(N)nc3nc[nH]c23)cc1)OC(=O)CCCCCCC/C=C\CCCCCCCC. The number of phosphoric acid groups is 1. The predicted molar refractivity (Wildman–Crippen MR) is 315 cm³/mol. The maximum absolute atomic E-state index is 12.9. The Balaban J connectivity index is 1.26. The zero-order chi connectivity index (χ0) is 58.3. The van der Waals surface area contributed by atoms with Gasteiger partial charge in [-0.25, -0.2) is 9.55 Å². The molecule has 3 rings (SSSR count). The van der Waals surface area contributed by atoms with E-state index in [2.05, 4.69) is 68.7 Å². The van der Waals surface area contributed by atoms with Crippen LogP contribution in [0.3, 0.4) is 0 Å². The van der Waals surface area contributed by atoms with Crippen LogP contribution < -0.4 is 21.1 Å². The van der Waals surface area contributed by atoms with Gasteiger partial charge in [0, 0.05) is 25.9 Å². The van der Waals surface area contributed by atoms with E-state index in [0.717, 1.165) is 88.2 Å². The molecule has 0 aliphatic carbocycles. The molecule has 1 aromatic carbocycles. The predicted octanol–water partition coefficient (Wildman–Crippen LogP) is 11.9. The van der Waals surface area contributed by atoms with Crippen LogP contribution in [0, 0.1) is 0 Å². The first-order valence-corrected chi connectivity index (χ1v) is 31.6. The second-order valence-electron chi connectivity index (χ2n) is 20.4. The molecule has 0 bridgehead atoms. The van der Waals surface area contributed by atoms with Gasteiger partial charge in [0.1, 0.15) is 31.9 Å². The minimum absolute atomic E-state index is 0.0319. The second kappa shape index (κ2) is 46.3. The second-order valence-corrected chi connectivity index (χ2v) is 21.8. The Morgan fingerprint density at radius 3 is 1.70 bits per heavy atom. The highest BCUT2D eigenvalue weighted by Crippen LogP contribution is 2.43. The number of fused-ring (bicyclic) bond motifs is 1. The van der Waals surface area contributed by atoms with Crippen LogP contribution in [-0.2, 0) is 64.9 Å². The monoisotopic (exact) mass is 1160 g/mol. The van der Waals surface area contributed by atoms with Crippen molar-refractivity contribution >= 4 is 48.7 Å². The minimum Gasteiger partial charge on any atom is -0.471 e. The van der Waals surface area contributed by atoms with E-state index in [1.54, 1.807) is 0 Å². The van der Waals surface area contributed by atoms with E-state index in [4.69, 9.17) is 38.5 Å². The minimum atomic E-state index is -4.67. The number of carbonyl (C=O) groups is 4. The number of carbonyl (C=O) groups excluding carboxylic acids is 4. The van der Waals surface area contributed by atoms with Crippen LogP contribution in [0.4, 0.5) is 5.95 Å². The van der Waals surface area contributed by atoms with Gasteiger partial charge in [-0.1, -0.05) is 165 Å². The summed E-state index contributed by atoms with van der Waals surface area (Å²) in [4.78, 5) is 75.8. The molecule has 81 heavy (non-hydrogen) atoms. The van der Waals surface area contributed by atoms with E-state index >= 15 is 0 Å². The number of nitrogens with zero attached hydrogens (tertiary/aromatic N) is 3. The summed E-state index contributed by atoms with van der Waals surface area (Å²) in [6, 6.07) is 7.47. The van der Waals surface area contributed by atoms with E-state index in [-0.39, 0.29) is 84.0 Å². The third-order valence-electron chi connectivity index (χ3n) is 13.1. The Bertz CT molecular complexity index is 2250. The molecule has 2 amide bonds. The van der Waals surface area contributed by atoms with Crippen LogP contribution in [-0.4, -0.2) is 107 Å². The number of hydrogen-bond acceptors (Lipinski definition) is 16. The highest BCUT2D eigenvalue weighted by molar-refractivity contribution is 7.47. The summed E-state index contributed by atoms with van der Waals surface area (Å²) in [5.41, 5.74) is 8.45. The lowest BCUT2D eigenvalue weighted by atomic mass is 10.1. The van der Waals surface area contributed by atoms with Gasteiger partial charge in [-0.05, 0) is 75.3 Å². The molecule has 0 aliphatic heterocycles. The lowest BCUT2D eigenvalue weighted by Crippen LogP contribution is -2.31. The molecular weight excluding hydrogens is 1060 g/mol. The number of nitrogens with one attached hydrogen (secondary N) is 3. The summed E-state index contributed by atoms with van der Waals surface area (Å²) in [5.74, 6) is -1.47. The van der Waals surface area contributed by atoms with E-state index in [0.29, 0.717) is 29.9 Å². The van der Waals surface area contributed by atoms with Crippen molar-refractivity contribution in [2.75, 3.05) is 58.5 Å². The fraction of sp³-hybridized carbons (Fsp3) is 0.683. The first-order valence-electron chi connectivity index (χ1n) is 30.1. The highest BCUT2D eigenvalue weighted by atomic mass is 31.2. The number of phosphoric ester groups is 1. The summed E-state index contributed by atoms with van der Waals surface area (Å²) >= 11 is 0. The number of ether oxygens (including phenoxy) is 5. The molecule has 2 atom stereocenters. The molecule has 6 N–H and O–H groups in total. The average molecular weight is 1160 g/mol. The van der Waals surface area contributed by atoms with E-state index in [9.17, 15) is 28.6 Å². The Kier molecular flexibility index (Phi) is 40.0. The van der Waals surface area contributed by atoms with Gasteiger partial charge in [-0.15, -0.1) is 0 Å². The van der Waals surface area contributed by atoms with Crippen molar-refractivity contribution in [2.24, 2.45) is 0 Å². The fourth-order valence-corrected chi connectivity index (χ4v) is 9.20. The van der Waals surface area contributed by atoms with E-state index in [1.807, 2.05) is 24.3 Å². The Hall–Kier alpha value is -5.24. The maximum Gasteiger partial charge on any atom is 0.472 e. The highest BCUT2D eigenvalue weighted by Gasteiger charge is 2.26. The number of nitrogen functional groups attached to an aromatic ring is 1. The van der Waals surface area contributed by atoms with Crippen molar-refractivity contribution in [3.8, 4) is 5.88 Å². The van der Waals surface area contributed by atoms with Crippen molar-refractivity contribution < 1.29 is 61.4 Å². The number of H-pyrrole nitrogens is 1. The number of rotatable bonds is 52. The molecule has 0 saturated carbocycles. The van der Waals surface area contributed by atoms with Crippen LogP contribution in [0.15, 0.2) is 54.9 Å². The zero-order valence-electron chi connectivity index (χ0n) is 48.9. The van der Waals surface area contributed by atoms with Gasteiger partial charge in [-0.2, -0.15) is 9.97 Å². The third-order valence-corrected chi connectivity index (χ3v) is 14.1. The Morgan fingerprint density at radius 1 is 0.630 bits per heavy atom. The zero-order valence-corrected chi connectivity index (χ0v) is 49.8. The van der Waals surface area contributed by atoms with Crippen molar-refractivity contribution in [1.29, 1.82) is 0 Å². The van der Waals surface area contributed by atoms with Gasteiger partial charge < -0.3 is 49.9 Å². The van der Waals surface area contributed by atoms with Crippen LogP contribution in [0.5, 0.6) is 5.88 Å². The molecule has 456 valence electrons. The van der Waals surface area contributed by atoms with Crippen molar-refractivity contribution in [3.63, 3.8) is 0 Å². The first-order chi connectivity index (χ1) is 39.5. The summed E-state index contributed by atoms with van der Waals surface area (Å²) < 4.78 is 50.5. The molecule has 2 aromatic heterocycles. The van der Waals surface area contributed by atoms with Gasteiger partial charge in [0.25, 0.3) is 0 Å². The number of anilines is 1. The van der Waals surface area contributed by atoms with Crippen LogP contribution in [0.2, 0.25) is 0 Å². The Labute approximate surface area is 482 Å². The number of unbranched alkanes of at least 4 members (excludes halogenated alkanes) is 22. The molecule has 2 heterocycles. The molecular formula is C60H98N7O13P. The smallest absolute Gasteiger partial charge is 0.471 e. The van der Waals surface area contributed by atoms with Crippen molar-refractivity contribution in [3.05, 3.63) is 66.0 Å². The van der Waals surface area contributed by atoms with Crippen LogP contribution >= 0.6 is 7.82 Å². The topological polar surface area (TPSA) is 275 Å². The number of allylic oxidation sites excluding steroid dienone is 4. The number of nitrogens with two attached hydrogens (primary N) is 1. The average Bonchev–Trinajstić information content (AvgIpc) is 3.94. The Morgan fingerprint density at radius 2 is 1.14 bits per heavy atom. The standard InChI is InChI=1S/C60H98N7O13P/c1-3-5-7-9-11-13-15-17-19-21-23-25-27-29-31-33-55(70)76-45-52(80-56(71)34-32-30-28-26-24-22-20-18-16-14-12-10-8-6-4-2)46-79-81(72,73)78-40-39-62-53(68)47-74-41-42-75-48-54(69)63-43-50-35-37-51(38-36-50)44-77-59-57-58(65-49-64-57)66-60(61)67-59/h17-20,35-38,49,52H,3-16,21-34,39-48H2,1-2H3,(H,62,68)(H,63,69)(H,72,73)(H3,61,64,65,66,67)/b19-17-,20-18-/t52-/m1/s1. The van der Waals surface area contributed by atoms with Gasteiger partial charge in [0.15, 0.2) is 11.8 Å². The van der Waals surface area contributed by atoms with Crippen LogP contribution in [0.25, 0.3) is 11.2 Å². The van der Waals surface area contributed by atoms with Crippen molar-refractivity contribution in [1.82, 2.24) is 30.6 Å². The van der Waals surface area contributed by atoms with Crippen molar-refractivity contribution in [2.45, 2.75) is 213 Å². The molecule has 0 spiro atoms. The molecule has 0 radical (unpaired) electrons. The number of amides is 2. The largest absolute Gasteiger partial charge is 0.472 e. The molecule has 0 aliphatic rings. The van der Waals surface area contributed by atoms with Crippen LogP contribution in [0.1, 0.15) is 205 Å². The summed E-state index contributed by atoms with van der Waals surface area (Å²) in [6.07, 6.45) is 39.4. The number of aromatic amines is 1. The summed E-state index contributed by atoms with van der Waals surface area (Å²) in [7, 11) is -4.67. The number of imidazole rings is 1. The molecule has 0 fully saturated rings. The maximum atomic E-state index is 12.9. The van der Waals surface area contributed by atoms with E-state index in [1.165, 1.54) is 83.4 Å². The number of benzene rings is 1.